The van der Waals surface area contributed by atoms with Crippen LogP contribution in [-0.4, -0.2) is 59.4 Å². The van der Waals surface area contributed by atoms with Gasteiger partial charge in [-0.25, -0.2) is 14.7 Å². The first-order chi connectivity index (χ1) is 16.1. The van der Waals surface area contributed by atoms with E-state index in [1.807, 2.05) is 29.2 Å². The topological polar surface area (TPSA) is 68.8 Å². The first-order valence-electron chi connectivity index (χ1n) is 12.3. The van der Waals surface area contributed by atoms with Crippen molar-refractivity contribution in [2.45, 2.75) is 46.0 Å². The summed E-state index contributed by atoms with van der Waals surface area (Å²) in [6.45, 7) is 9.23. The van der Waals surface area contributed by atoms with Crippen molar-refractivity contribution < 1.29 is 9.59 Å². The molecule has 1 aromatic carbocycles. The highest BCUT2D eigenvalue weighted by molar-refractivity contribution is 6.16. The van der Waals surface area contributed by atoms with Gasteiger partial charge in [0.25, 0.3) is 5.91 Å². The van der Waals surface area contributed by atoms with Crippen LogP contribution in [0.4, 0.5) is 22.0 Å². The number of pyridine rings is 1. The van der Waals surface area contributed by atoms with E-state index in [9.17, 15) is 9.59 Å². The highest BCUT2D eigenvalue weighted by atomic mass is 16.2. The minimum Gasteiger partial charge on any atom is -0.324 e. The van der Waals surface area contributed by atoms with E-state index in [4.69, 9.17) is 0 Å². The fourth-order valence-corrected chi connectivity index (χ4v) is 4.81. The number of aromatic nitrogens is 1. The summed E-state index contributed by atoms with van der Waals surface area (Å²) < 4.78 is 0. The molecule has 1 N–H and O–H groups in total. The number of hydrogen-bond donors (Lipinski definition) is 1. The zero-order valence-electron chi connectivity index (χ0n) is 19.8. The van der Waals surface area contributed by atoms with Gasteiger partial charge in [-0.2, -0.15) is 0 Å². The maximum Gasteiger partial charge on any atom is 0.330 e. The third kappa shape index (κ3) is 5.19. The number of piperidine rings is 1. The Labute approximate surface area is 196 Å². The Hall–Kier alpha value is -2.93. The SMILES string of the molecule is CCCCN(CC)CCC1CCCN(C(=O)N2c3ccccc3NC(=O)c3cccnc32)C1. The van der Waals surface area contributed by atoms with Crippen LogP contribution in [0.3, 0.4) is 0 Å². The van der Waals surface area contributed by atoms with E-state index in [0.29, 0.717) is 28.7 Å². The van der Waals surface area contributed by atoms with Gasteiger partial charge < -0.3 is 15.1 Å². The number of carbonyl (C=O) groups is 2. The summed E-state index contributed by atoms with van der Waals surface area (Å²) in [5.74, 6) is 0.636. The number of fused-ring (bicyclic) bond motifs is 2. The Morgan fingerprint density at radius 3 is 2.85 bits per heavy atom. The molecule has 2 aliphatic heterocycles. The van der Waals surface area contributed by atoms with Gasteiger partial charge in [0.2, 0.25) is 0 Å². The quantitative estimate of drug-likeness (QED) is 0.636. The molecule has 7 heteroatoms. The van der Waals surface area contributed by atoms with E-state index in [-0.39, 0.29) is 11.9 Å². The predicted octanol–water partition coefficient (Wildman–Crippen LogP) is 5.13. The zero-order valence-corrected chi connectivity index (χ0v) is 19.8. The van der Waals surface area contributed by atoms with E-state index in [1.54, 1.807) is 23.2 Å². The number of likely N-dealkylation sites (tertiary alicyclic amines) is 1. The molecule has 1 fully saturated rings. The lowest BCUT2D eigenvalue weighted by Crippen LogP contribution is -2.47. The molecule has 0 aliphatic carbocycles. The molecular formula is C26H35N5O2. The normalized spacial score (nSPS) is 17.9. The average molecular weight is 450 g/mol. The number of rotatable bonds is 7. The van der Waals surface area contributed by atoms with E-state index >= 15 is 0 Å². The Balaban J connectivity index is 1.54. The van der Waals surface area contributed by atoms with Crippen LogP contribution in [-0.2, 0) is 0 Å². The molecule has 4 rings (SSSR count). The van der Waals surface area contributed by atoms with Crippen LogP contribution >= 0.6 is 0 Å². The second-order valence-electron chi connectivity index (χ2n) is 8.99. The molecule has 2 aromatic rings. The molecule has 1 aromatic heterocycles. The molecule has 7 nitrogen and oxygen atoms in total. The number of hydrogen-bond acceptors (Lipinski definition) is 4. The Morgan fingerprint density at radius 1 is 1.18 bits per heavy atom. The summed E-state index contributed by atoms with van der Waals surface area (Å²) in [6, 6.07) is 10.8. The lowest BCUT2D eigenvalue weighted by atomic mass is 9.94. The molecule has 1 atom stereocenters. The van der Waals surface area contributed by atoms with E-state index in [0.717, 1.165) is 52.0 Å². The molecule has 0 radical (unpaired) electrons. The number of carbonyl (C=O) groups excluding carboxylic acids is 2. The largest absolute Gasteiger partial charge is 0.330 e. The number of urea groups is 1. The van der Waals surface area contributed by atoms with Crippen molar-refractivity contribution in [2.24, 2.45) is 5.92 Å². The van der Waals surface area contributed by atoms with Crippen LogP contribution in [0.25, 0.3) is 0 Å². The zero-order chi connectivity index (χ0) is 23.2. The molecule has 33 heavy (non-hydrogen) atoms. The van der Waals surface area contributed by atoms with Crippen molar-refractivity contribution >= 4 is 29.1 Å². The highest BCUT2D eigenvalue weighted by Gasteiger charge is 2.34. The highest BCUT2D eigenvalue weighted by Crippen LogP contribution is 2.37. The summed E-state index contributed by atoms with van der Waals surface area (Å²) in [7, 11) is 0. The van der Waals surface area contributed by atoms with Gasteiger partial charge in [-0.3, -0.25) is 4.79 Å². The van der Waals surface area contributed by atoms with Gasteiger partial charge in [0.15, 0.2) is 5.82 Å². The molecule has 1 unspecified atom stereocenters. The van der Waals surface area contributed by atoms with E-state index in [2.05, 4.69) is 29.0 Å². The fraction of sp³-hybridized carbons (Fsp3) is 0.500. The van der Waals surface area contributed by atoms with Crippen LogP contribution in [0.2, 0.25) is 0 Å². The number of nitrogens with zero attached hydrogens (tertiary/aromatic N) is 4. The molecular weight excluding hydrogens is 414 g/mol. The van der Waals surface area contributed by atoms with Crippen molar-refractivity contribution in [3.63, 3.8) is 0 Å². The first-order valence-corrected chi connectivity index (χ1v) is 12.3. The summed E-state index contributed by atoms with van der Waals surface area (Å²) >= 11 is 0. The maximum absolute atomic E-state index is 13.9. The molecule has 3 amide bonds. The molecule has 2 aliphatic rings. The summed E-state index contributed by atoms with van der Waals surface area (Å²) in [5, 5.41) is 2.93. The number of benzene rings is 1. The van der Waals surface area contributed by atoms with E-state index < -0.39 is 0 Å². The van der Waals surface area contributed by atoms with E-state index in [1.165, 1.54) is 12.8 Å². The van der Waals surface area contributed by atoms with Crippen molar-refractivity contribution in [2.75, 3.05) is 42.9 Å². The second-order valence-corrected chi connectivity index (χ2v) is 8.99. The summed E-state index contributed by atoms with van der Waals surface area (Å²) in [5.41, 5.74) is 1.69. The Bertz CT molecular complexity index is 979. The minimum absolute atomic E-state index is 0.109. The fourth-order valence-electron chi connectivity index (χ4n) is 4.81. The Morgan fingerprint density at radius 2 is 2.03 bits per heavy atom. The number of amides is 3. The van der Waals surface area contributed by atoms with Gasteiger partial charge in [0.1, 0.15) is 0 Å². The molecule has 0 spiro atoms. The van der Waals surface area contributed by atoms with Gasteiger partial charge in [0.05, 0.1) is 16.9 Å². The van der Waals surface area contributed by atoms with Crippen molar-refractivity contribution in [3.05, 3.63) is 48.2 Å². The van der Waals surface area contributed by atoms with Gasteiger partial charge in [0, 0.05) is 19.3 Å². The predicted molar refractivity (Wildman–Crippen MR) is 132 cm³/mol. The van der Waals surface area contributed by atoms with Gasteiger partial charge in [-0.1, -0.05) is 32.4 Å². The van der Waals surface area contributed by atoms with Crippen LogP contribution in [0, 0.1) is 5.92 Å². The van der Waals surface area contributed by atoms with Crippen LogP contribution < -0.4 is 10.2 Å². The van der Waals surface area contributed by atoms with Crippen LogP contribution in [0.15, 0.2) is 42.6 Å². The van der Waals surface area contributed by atoms with Gasteiger partial charge in [-0.05, 0) is 75.5 Å². The minimum atomic E-state index is -0.246. The van der Waals surface area contributed by atoms with Crippen molar-refractivity contribution in [1.29, 1.82) is 0 Å². The number of para-hydroxylation sites is 2. The first kappa shape index (κ1) is 23.2. The second kappa shape index (κ2) is 10.8. The number of unbranched alkanes of at least 4 members (excludes halogenated alkanes) is 1. The number of nitrogens with one attached hydrogen (secondary N) is 1. The monoisotopic (exact) mass is 449 g/mol. The molecule has 176 valence electrons. The summed E-state index contributed by atoms with van der Waals surface area (Å²) in [6.07, 6.45) is 7.34. The van der Waals surface area contributed by atoms with Gasteiger partial charge in [-0.15, -0.1) is 0 Å². The smallest absolute Gasteiger partial charge is 0.324 e. The third-order valence-corrected chi connectivity index (χ3v) is 6.75. The number of anilines is 3. The summed E-state index contributed by atoms with van der Waals surface area (Å²) in [4.78, 5) is 37.2. The van der Waals surface area contributed by atoms with Gasteiger partial charge >= 0.3 is 6.03 Å². The molecule has 1 saturated heterocycles. The molecule has 0 bridgehead atoms. The average Bonchev–Trinajstić information content (AvgIpc) is 2.98. The Kier molecular flexibility index (Phi) is 7.60. The van der Waals surface area contributed by atoms with Crippen molar-refractivity contribution in [3.8, 4) is 0 Å². The standard InChI is InChI=1S/C26H35N5O2/c1-3-5-16-29(4-2)18-14-20-10-9-17-30(19-20)26(33)31-23-13-7-6-12-22(23)28-25(32)21-11-8-15-27-24(21)31/h6-8,11-13,15,20H,3-5,9-10,14,16-19H2,1-2H3,(H,28,32). The van der Waals surface area contributed by atoms with Crippen LogP contribution in [0.5, 0.6) is 0 Å². The third-order valence-electron chi connectivity index (χ3n) is 6.75. The van der Waals surface area contributed by atoms with Crippen LogP contribution in [0.1, 0.15) is 56.3 Å². The maximum atomic E-state index is 13.9. The molecule has 0 saturated carbocycles. The lowest BCUT2D eigenvalue weighted by Gasteiger charge is -2.37. The lowest BCUT2D eigenvalue weighted by molar-refractivity contribution is 0.102. The van der Waals surface area contributed by atoms with Crippen molar-refractivity contribution in [1.82, 2.24) is 14.8 Å². The molecule has 3 heterocycles.